The average molecular weight is 312 g/mol. The first kappa shape index (κ1) is 15.3. The van der Waals surface area contributed by atoms with Crippen molar-refractivity contribution >= 4 is 29.4 Å². The molecular weight excluding hydrogens is 298 g/mol. The number of hydrogen-bond acceptors (Lipinski definition) is 4. The lowest BCUT2D eigenvalue weighted by Crippen LogP contribution is -2.37. The van der Waals surface area contributed by atoms with E-state index < -0.39 is 29.1 Å². The highest BCUT2D eigenvalue weighted by molar-refractivity contribution is 6.31. The molecule has 0 aromatic heterocycles. The largest absolute Gasteiger partial charge is 0.497 e. The summed E-state index contributed by atoms with van der Waals surface area (Å²) in [6.07, 6.45) is 0.251. The molecule has 1 aromatic carbocycles. The first-order valence-electron chi connectivity index (χ1n) is 6.32. The zero-order chi connectivity index (χ0) is 15.6. The van der Waals surface area contributed by atoms with E-state index in [1.807, 2.05) is 0 Å². The molecule has 0 bridgehead atoms. The van der Waals surface area contributed by atoms with E-state index in [0.717, 1.165) is 4.90 Å². The van der Waals surface area contributed by atoms with E-state index in [4.69, 9.17) is 21.4 Å². The molecule has 7 heteroatoms. The summed E-state index contributed by atoms with van der Waals surface area (Å²) in [5.74, 6) is -2.53. The van der Waals surface area contributed by atoms with E-state index in [1.54, 1.807) is 24.3 Å². The monoisotopic (exact) mass is 311 g/mol. The lowest BCUT2D eigenvalue weighted by Gasteiger charge is -2.16. The number of benzene rings is 1. The Hall–Kier alpha value is -2.08. The molecular formula is C14H14ClNO5. The van der Waals surface area contributed by atoms with Crippen molar-refractivity contribution in [1.29, 1.82) is 0 Å². The fourth-order valence-electron chi connectivity index (χ4n) is 2.24. The van der Waals surface area contributed by atoms with Crippen LogP contribution in [-0.2, 0) is 9.59 Å². The molecule has 0 aliphatic carbocycles. The summed E-state index contributed by atoms with van der Waals surface area (Å²) in [7, 11) is 1.51. The molecule has 1 saturated heterocycles. The normalized spacial score (nSPS) is 19.4. The first-order chi connectivity index (χ1) is 9.95. The Morgan fingerprint density at radius 2 is 2.00 bits per heavy atom. The van der Waals surface area contributed by atoms with Gasteiger partial charge in [-0.15, -0.1) is 11.6 Å². The predicted molar refractivity (Wildman–Crippen MR) is 74.4 cm³/mol. The molecule has 1 N–H and O–H groups in total. The second-order valence-electron chi connectivity index (χ2n) is 4.66. The topological polar surface area (TPSA) is 83.9 Å². The summed E-state index contributed by atoms with van der Waals surface area (Å²) in [5, 5.41) is 7.54. The van der Waals surface area contributed by atoms with Crippen molar-refractivity contribution < 1.29 is 24.2 Å². The van der Waals surface area contributed by atoms with E-state index >= 15 is 0 Å². The summed E-state index contributed by atoms with van der Waals surface area (Å²) in [6.45, 7) is 0.171. The molecule has 6 nitrogen and oxygen atoms in total. The van der Waals surface area contributed by atoms with Gasteiger partial charge in [0.05, 0.1) is 13.0 Å². The summed E-state index contributed by atoms with van der Waals surface area (Å²) in [5.41, 5.74) is 0.339. The van der Waals surface area contributed by atoms with Gasteiger partial charge in [0.2, 0.25) is 5.91 Å². The molecule has 2 amide bonds. The minimum Gasteiger partial charge on any atom is -0.497 e. The summed E-state index contributed by atoms with van der Waals surface area (Å²) in [6, 6.07) is 6.34. The zero-order valence-electron chi connectivity index (χ0n) is 11.3. The van der Waals surface area contributed by atoms with Crippen LogP contribution < -0.4 is 4.74 Å². The third-order valence-electron chi connectivity index (χ3n) is 3.42. The molecule has 21 heavy (non-hydrogen) atoms. The van der Waals surface area contributed by atoms with Crippen LogP contribution in [0.15, 0.2) is 24.3 Å². The average Bonchev–Trinajstić information content (AvgIpc) is 2.87. The maximum atomic E-state index is 12.3. The molecule has 0 radical (unpaired) electrons. The number of carboxylic acids is 1. The Kier molecular flexibility index (Phi) is 4.47. The molecule has 1 fully saturated rings. The smallest absolute Gasteiger partial charge is 0.322 e. The van der Waals surface area contributed by atoms with Gasteiger partial charge in [0.15, 0.2) is 0 Å². The van der Waals surface area contributed by atoms with Gasteiger partial charge in [0, 0.05) is 12.1 Å². The van der Waals surface area contributed by atoms with Crippen LogP contribution in [0.4, 0.5) is 0 Å². The van der Waals surface area contributed by atoms with Crippen molar-refractivity contribution in [2.75, 3.05) is 13.7 Å². The second kappa shape index (κ2) is 6.13. The number of nitrogens with zero attached hydrogens (tertiary/aromatic N) is 1. The summed E-state index contributed by atoms with van der Waals surface area (Å²) < 4.78 is 5.00. The molecule has 0 saturated carbocycles. The quantitative estimate of drug-likeness (QED) is 0.671. The predicted octanol–water partition coefficient (Wildman–Crippen LogP) is 1.38. The van der Waals surface area contributed by atoms with Crippen LogP contribution in [0.25, 0.3) is 0 Å². The molecule has 1 heterocycles. The Morgan fingerprint density at radius 3 is 2.52 bits per heavy atom. The van der Waals surface area contributed by atoms with Crippen LogP contribution in [0.1, 0.15) is 16.8 Å². The Morgan fingerprint density at radius 1 is 1.38 bits per heavy atom. The molecule has 2 atom stereocenters. The summed E-state index contributed by atoms with van der Waals surface area (Å²) >= 11 is 5.70. The maximum absolute atomic E-state index is 12.3. The summed E-state index contributed by atoms with van der Waals surface area (Å²) in [4.78, 5) is 36.3. The van der Waals surface area contributed by atoms with Crippen LogP contribution in [0, 0.1) is 5.92 Å². The van der Waals surface area contributed by atoms with Gasteiger partial charge in [0.1, 0.15) is 11.1 Å². The number of aliphatic carboxylic acids is 1. The number of imide groups is 1. The molecule has 0 spiro atoms. The Labute approximate surface area is 126 Å². The highest BCUT2D eigenvalue weighted by Crippen LogP contribution is 2.26. The van der Waals surface area contributed by atoms with Gasteiger partial charge >= 0.3 is 5.97 Å². The number of hydrogen-bond donors (Lipinski definition) is 1. The van der Waals surface area contributed by atoms with E-state index in [9.17, 15) is 14.4 Å². The molecule has 1 aliphatic rings. The van der Waals surface area contributed by atoms with Crippen molar-refractivity contribution in [3.63, 3.8) is 0 Å². The van der Waals surface area contributed by atoms with Crippen molar-refractivity contribution in [1.82, 2.24) is 4.90 Å². The number of ether oxygens (including phenoxy) is 1. The molecule has 1 aliphatic heterocycles. The number of methoxy groups -OCH3 is 1. The third kappa shape index (κ3) is 3.00. The van der Waals surface area contributed by atoms with E-state index in [0.29, 0.717) is 11.3 Å². The maximum Gasteiger partial charge on any atom is 0.322 e. The molecule has 2 rings (SSSR count). The third-order valence-corrected chi connectivity index (χ3v) is 3.91. The van der Waals surface area contributed by atoms with Gasteiger partial charge in [-0.3, -0.25) is 19.3 Å². The van der Waals surface area contributed by atoms with Crippen molar-refractivity contribution in [3.8, 4) is 5.75 Å². The number of rotatable bonds is 4. The van der Waals surface area contributed by atoms with Crippen LogP contribution in [-0.4, -0.2) is 46.8 Å². The van der Waals surface area contributed by atoms with Gasteiger partial charge < -0.3 is 9.84 Å². The van der Waals surface area contributed by atoms with Crippen LogP contribution >= 0.6 is 11.6 Å². The van der Waals surface area contributed by atoms with E-state index in [1.165, 1.54) is 7.11 Å². The van der Waals surface area contributed by atoms with E-state index in [-0.39, 0.29) is 13.0 Å². The lowest BCUT2D eigenvalue weighted by molar-refractivity contribution is -0.141. The Bertz CT molecular complexity index is 571. The van der Waals surface area contributed by atoms with Gasteiger partial charge in [-0.1, -0.05) is 0 Å². The van der Waals surface area contributed by atoms with Crippen molar-refractivity contribution in [2.45, 2.75) is 11.8 Å². The van der Waals surface area contributed by atoms with Gasteiger partial charge in [0.25, 0.3) is 5.91 Å². The number of carboxylic acid groups (broad SMARTS) is 1. The lowest BCUT2D eigenvalue weighted by atomic mass is 10.0. The highest BCUT2D eigenvalue weighted by Gasteiger charge is 2.42. The van der Waals surface area contributed by atoms with Gasteiger partial charge in [-0.05, 0) is 30.7 Å². The van der Waals surface area contributed by atoms with Gasteiger partial charge in [-0.2, -0.15) is 0 Å². The molecule has 1 unspecified atom stereocenters. The first-order valence-corrected chi connectivity index (χ1v) is 6.76. The standard InChI is InChI=1S/C14H14ClNO5/c1-21-9-4-2-8(3-5-9)12(17)16-7-6-10(13(16)18)11(15)14(19)20/h2-5,10-11H,6-7H2,1H3,(H,19,20)/t10?,11-/m1/s1. The Balaban J connectivity index is 2.13. The number of carbonyl (C=O) groups is 3. The number of amides is 2. The zero-order valence-corrected chi connectivity index (χ0v) is 12.0. The van der Waals surface area contributed by atoms with Crippen molar-refractivity contribution in [2.24, 2.45) is 5.92 Å². The van der Waals surface area contributed by atoms with Crippen LogP contribution in [0.2, 0.25) is 0 Å². The van der Waals surface area contributed by atoms with Crippen LogP contribution in [0.3, 0.4) is 0 Å². The van der Waals surface area contributed by atoms with Gasteiger partial charge in [-0.25, -0.2) is 0 Å². The fourth-order valence-corrected chi connectivity index (χ4v) is 2.47. The number of likely N-dealkylation sites (tertiary alicyclic amines) is 1. The van der Waals surface area contributed by atoms with Crippen LogP contribution in [0.5, 0.6) is 5.75 Å². The SMILES string of the molecule is COc1ccc(C(=O)N2CCC([C@@H](Cl)C(=O)O)C2=O)cc1. The number of halogens is 1. The fraction of sp³-hybridized carbons (Fsp3) is 0.357. The number of carbonyl (C=O) groups excluding carboxylic acids is 2. The number of alkyl halides is 1. The van der Waals surface area contributed by atoms with E-state index in [2.05, 4.69) is 0 Å². The second-order valence-corrected chi connectivity index (χ2v) is 5.13. The minimum atomic E-state index is -1.31. The molecule has 1 aromatic rings. The minimum absolute atomic E-state index is 0.171. The molecule has 112 valence electrons. The highest BCUT2D eigenvalue weighted by atomic mass is 35.5. The van der Waals surface area contributed by atoms with Crippen molar-refractivity contribution in [3.05, 3.63) is 29.8 Å².